The van der Waals surface area contributed by atoms with Crippen molar-refractivity contribution in [3.05, 3.63) is 71.1 Å². The van der Waals surface area contributed by atoms with Gasteiger partial charge in [0.2, 0.25) is 5.13 Å². The van der Waals surface area contributed by atoms with Crippen molar-refractivity contribution in [3.63, 3.8) is 0 Å². The Bertz CT molecular complexity index is 1020. The molecular formula is C20H15N3O2S. The summed E-state index contributed by atoms with van der Waals surface area (Å²) in [6, 6.07) is 16.5. The first kappa shape index (κ1) is 16.2. The van der Waals surface area contributed by atoms with Crippen LogP contribution in [-0.2, 0) is 4.79 Å². The fourth-order valence-corrected chi connectivity index (χ4v) is 3.43. The number of anilines is 1. The minimum Gasteiger partial charge on any atom is -0.508 e. The Kier molecular flexibility index (Phi) is 4.10. The van der Waals surface area contributed by atoms with Gasteiger partial charge in [-0.2, -0.15) is 10.1 Å². The number of hydrogen-bond acceptors (Lipinski definition) is 5. The van der Waals surface area contributed by atoms with E-state index in [2.05, 4.69) is 10.1 Å². The number of benzene rings is 2. The molecule has 1 aliphatic heterocycles. The van der Waals surface area contributed by atoms with Gasteiger partial charge in [-0.25, -0.2) is 4.98 Å². The summed E-state index contributed by atoms with van der Waals surface area (Å²) in [5.74, 6) is -0.0160. The van der Waals surface area contributed by atoms with Crippen LogP contribution in [0.4, 0.5) is 5.13 Å². The van der Waals surface area contributed by atoms with Crippen LogP contribution in [0.5, 0.6) is 5.75 Å². The van der Waals surface area contributed by atoms with E-state index in [0.29, 0.717) is 16.4 Å². The summed E-state index contributed by atoms with van der Waals surface area (Å²) in [4.78, 5) is 17.4. The van der Waals surface area contributed by atoms with Crippen molar-refractivity contribution in [3.8, 4) is 17.0 Å². The molecule has 128 valence electrons. The molecular weight excluding hydrogens is 346 g/mol. The van der Waals surface area contributed by atoms with Crippen LogP contribution in [0, 0.1) is 0 Å². The molecule has 1 aliphatic rings. The van der Waals surface area contributed by atoms with Gasteiger partial charge in [0.05, 0.1) is 17.0 Å². The van der Waals surface area contributed by atoms with Gasteiger partial charge in [-0.05, 0) is 30.7 Å². The van der Waals surface area contributed by atoms with Gasteiger partial charge in [-0.3, -0.25) is 4.79 Å². The van der Waals surface area contributed by atoms with Crippen molar-refractivity contribution < 1.29 is 9.90 Å². The number of carbonyl (C=O) groups is 1. The Morgan fingerprint density at radius 3 is 2.54 bits per heavy atom. The zero-order chi connectivity index (χ0) is 18.1. The number of amides is 1. The molecule has 26 heavy (non-hydrogen) atoms. The highest BCUT2D eigenvalue weighted by atomic mass is 32.1. The number of aromatic hydroxyl groups is 1. The molecule has 5 nitrogen and oxygen atoms in total. The Hall–Kier alpha value is -3.25. The van der Waals surface area contributed by atoms with E-state index in [1.807, 2.05) is 35.7 Å². The van der Waals surface area contributed by atoms with E-state index in [4.69, 9.17) is 0 Å². The van der Waals surface area contributed by atoms with Crippen molar-refractivity contribution >= 4 is 34.2 Å². The van der Waals surface area contributed by atoms with Crippen LogP contribution in [0.1, 0.15) is 12.5 Å². The predicted octanol–water partition coefficient (Wildman–Crippen LogP) is 4.32. The van der Waals surface area contributed by atoms with Crippen molar-refractivity contribution in [2.75, 3.05) is 5.01 Å². The average Bonchev–Trinajstić information content (AvgIpc) is 3.25. The maximum absolute atomic E-state index is 12.8. The largest absolute Gasteiger partial charge is 0.508 e. The Labute approximate surface area is 154 Å². The van der Waals surface area contributed by atoms with E-state index in [-0.39, 0.29) is 11.7 Å². The molecule has 0 saturated carbocycles. The first-order chi connectivity index (χ1) is 12.6. The van der Waals surface area contributed by atoms with E-state index in [1.165, 1.54) is 16.3 Å². The van der Waals surface area contributed by atoms with Crippen molar-refractivity contribution in [1.29, 1.82) is 0 Å². The van der Waals surface area contributed by atoms with Gasteiger partial charge in [0.15, 0.2) is 0 Å². The monoisotopic (exact) mass is 361 g/mol. The summed E-state index contributed by atoms with van der Waals surface area (Å²) >= 11 is 1.38. The number of carbonyl (C=O) groups excluding carboxylic acids is 1. The normalized spacial score (nSPS) is 15.6. The number of nitrogens with zero attached hydrogens (tertiary/aromatic N) is 3. The lowest BCUT2D eigenvalue weighted by atomic mass is 10.1. The lowest BCUT2D eigenvalue weighted by molar-refractivity contribution is -0.114. The summed E-state index contributed by atoms with van der Waals surface area (Å²) in [6.45, 7) is 1.80. The van der Waals surface area contributed by atoms with E-state index < -0.39 is 0 Å². The van der Waals surface area contributed by atoms with Gasteiger partial charge in [0.25, 0.3) is 5.91 Å². The highest BCUT2D eigenvalue weighted by Crippen LogP contribution is 2.31. The van der Waals surface area contributed by atoms with Crippen LogP contribution in [0.25, 0.3) is 17.3 Å². The molecule has 0 atom stereocenters. The summed E-state index contributed by atoms with van der Waals surface area (Å²) in [5.41, 5.74) is 3.81. The molecule has 0 spiro atoms. The lowest BCUT2D eigenvalue weighted by Gasteiger charge is -2.06. The standard InChI is InChI=1S/C20H15N3O2S/c1-13-17(11-14-7-9-16(24)10-8-14)19(25)23(22-13)20-21-18(12-26-20)15-5-3-2-4-6-15/h2-12,24H,1H3/b17-11+. The SMILES string of the molecule is CC1=NN(c2nc(-c3ccccc3)cs2)C(=O)/C1=C/c1ccc(O)cc1. The Morgan fingerprint density at radius 2 is 1.81 bits per heavy atom. The minimum atomic E-state index is -0.204. The first-order valence-electron chi connectivity index (χ1n) is 8.03. The lowest BCUT2D eigenvalue weighted by Crippen LogP contribution is -2.21. The molecule has 1 aromatic heterocycles. The van der Waals surface area contributed by atoms with E-state index in [9.17, 15) is 9.90 Å². The predicted molar refractivity (Wildman–Crippen MR) is 104 cm³/mol. The third kappa shape index (κ3) is 3.02. The third-order valence-electron chi connectivity index (χ3n) is 4.01. The van der Waals surface area contributed by atoms with E-state index in [1.54, 1.807) is 37.3 Å². The van der Waals surface area contributed by atoms with Crippen molar-refractivity contribution in [1.82, 2.24) is 4.98 Å². The second kappa shape index (κ2) is 6.57. The quantitative estimate of drug-likeness (QED) is 0.707. The van der Waals surface area contributed by atoms with Crippen LogP contribution in [-0.4, -0.2) is 21.7 Å². The average molecular weight is 361 g/mol. The number of hydrazone groups is 1. The van der Waals surface area contributed by atoms with Gasteiger partial charge in [0.1, 0.15) is 5.75 Å². The number of rotatable bonds is 3. The highest BCUT2D eigenvalue weighted by Gasteiger charge is 2.30. The Balaban J connectivity index is 1.63. The molecule has 4 rings (SSSR count). The Morgan fingerprint density at radius 1 is 1.08 bits per heavy atom. The van der Waals surface area contributed by atoms with Crippen LogP contribution in [0.2, 0.25) is 0 Å². The summed E-state index contributed by atoms with van der Waals surface area (Å²) in [6.07, 6.45) is 1.77. The van der Waals surface area contributed by atoms with Crippen LogP contribution in [0.15, 0.2) is 70.7 Å². The molecule has 2 heterocycles. The zero-order valence-electron chi connectivity index (χ0n) is 14.0. The number of aromatic nitrogens is 1. The number of phenols is 1. The van der Waals surface area contributed by atoms with Crippen molar-refractivity contribution in [2.24, 2.45) is 5.10 Å². The van der Waals surface area contributed by atoms with Gasteiger partial charge in [-0.1, -0.05) is 42.5 Å². The number of thiazole rings is 1. The molecule has 0 unspecified atom stereocenters. The van der Waals surface area contributed by atoms with Gasteiger partial charge < -0.3 is 5.11 Å². The van der Waals surface area contributed by atoms with Gasteiger partial charge in [0, 0.05) is 10.9 Å². The molecule has 6 heteroatoms. The number of phenolic OH excluding ortho intramolecular Hbond substituents is 1. The highest BCUT2D eigenvalue weighted by molar-refractivity contribution is 7.14. The summed E-state index contributed by atoms with van der Waals surface area (Å²) in [7, 11) is 0. The number of hydrogen-bond donors (Lipinski definition) is 1. The smallest absolute Gasteiger partial charge is 0.282 e. The second-order valence-electron chi connectivity index (χ2n) is 5.83. The second-order valence-corrected chi connectivity index (χ2v) is 6.67. The summed E-state index contributed by atoms with van der Waals surface area (Å²) in [5, 5.41) is 17.6. The van der Waals surface area contributed by atoms with Crippen LogP contribution < -0.4 is 5.01 Å². The molecule has 1 N–H and O–H groups in total. The van der Waals surface area contributed by atoms with Gasteiger partial charge in [-0.15, -0.1) is 11.3 Å². The molecule has 2 aromatic carbocycles. The fourth-order valence-electron chi connectivity index (χ4n) is 2.65. The molecule has 0 saturated heterocycles. The van der Waals surface area contributed by atoms with E-state index in [0.717, 1.165) is 16.8 Å². The molecule has 0 bridgehead atoms. The van der Waals surface area contributed by atoms with Crippen LogP contribution in [0.3, 0.4) is 0 Å². The maximum Gasteiger partial charge on any atom is 0.282 e. The zero-order valence-corrected chi connectivity index (χ0v) is 14.8. The maximum atomic E-state index is 12.8. The topological polar surface area (TPSA) is 65.8 Å². The van der Waals surface area contributed by atoms with Crippen LogP contribution >= 0.6 is 11.3 Å². The van der Waals surface area contributed by atoms with Gasteiger partial charge >= 0.3 is 0 Å². The minimum absolute atomic E-state index is 0.188. The van der Waals surface area contributed by atoms with E-state index >= 15 is 0 Å². The first-order valence-corrected chi connectivity index (χ1v) is 8.91. The molecule has 0 aliphatic carbocycles. The molecule has 3 aromatic rings. The summed E-state index contributed by atoms with van der Waals surface area (Å²) < 4.78 is 0. The molecule has 1 amide bonds. The fraction of sp³-hybridized carbons (Fsp3) is 0.0500. The third-order valence-corrected chi connectivity index (χ3v) is 4.83. The van der Waals surface area contributed by atoms with Crippen molar-refractivity contribution in [2.45, 2.75) is 6.92 Å². The molecule has 0 fully saturated rings. The molecule has 0 radical (unpaired) electrons.